The van der Waals surface area contributed by atoms with Crippen molar-refractivity contribution in [2.24, 2.45) is 0 Å². The predicted molar refractivity (Wildman–Crippen MR) is 158 cm³/mol. The lowest BCUT2D eigenvalue weighted by molar-refractivity contribution is -0.132. The Morgan fingerprint density at radius 2 is 1.98 bits per heavy atom. The molecule has 1 aliphatic heterocycles. The van der Waals surface area contributed by atoms with E-state index in [9.17, 15) is 4.79 Å². The smallest absolute Gasteiger partial charge is 0.224 e. The first-order chi connectivity index (χ1) is 19.5. The standard InChI is InChI=1S/C32H32N4O3S/c1-22-17-23(2)36(34-22)13-10-31(37)35-14-16-39-32-25(20-35)18-24(28-21-40-30-9-4-3-8-27(28)30)19-29(32)38-15-11-26-7-5-6-12-33-26/h3-9,12,17-19,21H,10-11,13-16,20H2,1-2H3. The molecule has 40 heavy (non-hydrogen) atoms. The first-order valence-electron chi connectivity index (χ1n) is 13.6. The summed E-state index contributed by atoms with van der Waals surface area (Å²) in [6, 6.07) is 20.6. The Morgan fingerprint density at radius 3 is 2.80 bits per heavy atom. The van der Waals surface area contributed by atoms with E-state index >= 15 is 0 Å². The van der Waals surface area contributed by atoms with Gasteiger partial charge in [0.05, 0.1) is 18.8 Å². The molecule has 0 aliphatic carbocycles. The minimum Gasteiger partial charge on any atom is -0.489 e. The summed E-state index contributed by atoms with van der Waals surface area (Å²) in [5.41, 5.74) is 6.18. The maximum atomic E-state index is 13.3. The number of amides is 1. The van der Waals surface area contributed by atoms with Gasteiger partial charge in [-0.2, -0.15) is 5.10 Å². The predicted octanol–water partition coefficient (Wildman–Crippen LogP) is 6.21. The Balaban J connectivity index is 1.28. The minimum atomic E-state index is 0.0907. The number of carbonyl (C=O) groups is 1. The molecule has 0 unspecified atom stereocenters. The number of pyridine rings is 1. The number of benzene rings is 2. The van der Waals surface area contributed by atoms with Crippen molar-refractivity contribution < 1.29 is 14.3 Å². The summed E-state index contributed by atoms with van der Waals surface area (Å²) < 4.78 is 15.8. The number of aromatic nitrogens is 3. The molecular weight excluding hydrogens is 520 g/mol. The molecule has 4 heterocycles. The molecule has 0 N–H and O–H groups in total. The van der Waals surface area contributed by atoms with Gasteiger partial charge >= 0.3 is 0 Å². The van der Waals surface area contributed by atoms with Crippen molar-refractivity contribution in [2.45, 2.75) is 39.8 Å². The summed E-state index contributed by atoms with van der Waals surface area (Å²) in [6.07, 6.45) is 2.88. The van der Waals surface area contributed by atoms with Gasteiger partial charge in [-0.05, 0) is 61.2 Å². The molecule has 1 aliphatic rings. The second-order valence-corrected chi connectivity index (χ2v) is 11.0. The van der Waals surface area contributed by atoms with Gasteiger partial charge in [0, 0.05) is 64.7 Å². The number of thiophene rings is 1. The lowest BCUT2D eigenvalue weighted by Gasteiger charge is -2.20. The van der Waals surface area contributed by atoms with Crippen molar-refractivity contribution in [1.82, 2.24) is 19.7 Å². The summed E-state index contributed by atoms with van der Waals surface area (Å²) in [4.78, 5) is 19.7. The quantitative estimate of drug-likeness (QED) is 0.229. The van der Waals surface area contributed by atoms with Crippen molar-refractivity contribution >= 4 is 27.3 Å². The lowest BCUT2D eigenvalue weighted by Crippen LogP contribution is -2.33. The third-order valence-electron chi connectivity index (χ3n) is 7.23. The molecule has 0 saturated carbocycles. The molecule has 0 radical (unpaired) electrons. The zero-order valence-electron chi connectivity index (χ0n) is 22.8. The van der Waals surface area contributed by atoms with Crippen molar-refractivity contribution in [2.75, 3.05) is 19.8 Å². The molecule has 0 spiro atoms. The Hall–Kier alpha value is -4.17. The largest absolute Gasteiger partial charge is 0.489 e. The van der Waals surface area contributed by atoms with Gasteiger partial charge in [0.15, 0.2) is 11.5 Å². The number of aryl methyl sites for hydroxylation is 3. The molecular formula is C32H32N4O3S. The van der Waals surface area contributed by atoms with E-state index in [1.807, 2.05) is 47.7 Å². The van der Waals surface area contributed by atoms with E-state index in [0.29, 0.717) is 51.4 Å². The van der Waals surface area contributed by atoms with Crippen molar-refractivity contribution in [1.29, 1.82) is 0 Å². The number of ether oxygens (including phenoxy) is 2. The van der Waals surface area contributed by atoms with Crippen LogP contribution in [0.4, 0.5) is 0 Å². The monoisotopic (exact) mass is 552 g/mol. The zero-order chi connectivity index (χ0) is 27.5. The fourth-order valence-electron chi connectivity index (χ4n) is 5.23. The molecule has 0 fully saturated rings. The maximum absolute atomic E-state index is 13.3. The zero-order valence-corrected chi connectivity index (χ0v) is 23.6. The van der Waals surface area contributed by atoms with Crippen LogP contribution < -0.4 is 9.47 Å². The van der Waals surface area contributed by atoms with Crippen LogP contribution in [0.15, 0.2) is 72.2 Å². The van der Waals surface area contributed by atoms with Crippen LogP contribution in [-0.2, 0) is 24.3 Å². The molecule has 0 atom stereocenters. The summed E-state index contributed by atoms with van der Waals surface area (Å²) >= 11 is 1.73. The number of nitrogens with zero attached hydrogens (tertiary/aromatic N) is 4. The molecule has 6 rings (SSSR count). The first-order valence-corrected chi connectivity index (χ1v) is 14.5. The average Bonchev–Trinajstić information content (AvgIpc) is 3.46. The second-order valence-electron chi connectivity index (χ2n) is 10.1. The van der Waals surface area contributed by atoms with E-state index in [1.165, 1.54) is 10.1 Å². The van der Waals surface area contributed by atoms with Crippen LogP contribution in [0, 0.1) is 13.8 Å². The highest BCUT2D eigenvalue weighted by Gasteiger charge is 2.24. The topological polar surface area (TPSA) is 69.5 Å². The van der Waals surface area contributed by atoms with Gasteiger partial charge in [-0.15, -0.1) is 11.3 Å². The van der Waals surface area contributed by atoms with E-state index in [1.54, 1.807) is 17.5 Å². The van der Waals surface area contributed by atoms with Crippen molar-refractivity contribution in [3.05, 3.63) is 94.9 Å². The Labute approximate surface area is 238 Å². The van der Waals surface area contributed by atoms with Crippen molar-refractivity contribution in [3.8, 4) is 22.6 Å². The van der Waals surface area contributed by atoms with Gasteiger partial charge < -0.3 is 14.4 Å². The fourth-order valence-corrected chi connectivity index (χ4v) is 6.20. The van der Waals surface area contributed by atoms with Crippen LogP contribution in [-0.4, -0.2) is 45.3 Å². The van der Waals surface area contributed by atoms with E-state index < -0.39 is 0 Å². The highest BCUT2D eigenvalue weighted by atomic mass is 32.1. The summed E-state index contributed by atoms with van der Waals surface area (Å²) in [7, 11) is 0. The van der Waals surface area contributed by atoms with Gasteiger partial charge in [0.2, 0.25) is 5.91 Å². The van der Waals surface area contributed by atoms with Crippen LogP contribution in [0.3, 0.4) is 0 Å². The highest BCUT2D eigenvalue weighted by Crippen LogP contribution is 2.42. The molecule has 5 aromatic rings. The minimum absolute atomic E-state index is 0.0907. The molecule has 3 aromatic heterocycles. The van der Waals surface area contributed by atoms with Gasteiger partial charge in [0.25, 0.3) is 0 Å². The summed E-state index contributed by atoms with van der Waals surface area (Å²) in [6.45, 7) is 6.43. The Morgan fingerprint density at radius 1 is 1.10 bits per heavy atom. The lowest BCUT2D eigenvalue weighted by atomic mass is 10.0. The van der Waals surface area contributed by atoms with E-state index in [2.05, 4.69) is 51.9 Å². The number of carbonyl (C=O) groups excluding carboxylic acids is 1. The van der Waals surface area contributed by atoms with E-state index in [-0.39, 0.29) is 5.91 Å². The molecule has 8 heteroatoms. The second kappa shape index (κ2) is 11.5. The van der Waals surface area contributed by atoms with Crippen LogP contribution >= 0.6 is 11.3 Å². The summed E-state index contributed by atoms with van der Waals surface area (Å²) in [5.74, 6) is 1.52. The SMILES string of the molecule is Cc1cc(C)n(CCC(=O)N2CCOc3c(cc(-c4csc5ccccc45)cc3OCCc3ccccn3)C2)n1. The van der Waals surface area contributed by atoms with E-state index in [0.717, 1.165) is 39.5 Å². The van der Waals surface area contributed by atoms with Crippen molar-refractivity contribution in [3.63, 3.8) is 0 Å². The normalized spacial score (nSPS) is 13.1. The molecule has 1 amide bonds. The van der Waals surface area contributed by atoms with Gasteiger partial charge in [-0.25, -0.2) is 0 Å². The molecule has 0 bridgehead atoms. The number of fused-ring (bicyclic) bond motifs is 2. The number of hydrogen-bond acceptors (Lipinski definition) is 6. The number of hydrogen-bond donors (Lipinski definition) is 0. The van der Waals surface area contributed by atoms with E-state index in [4.69, 9.17) is 9.47 Å². The van der Waals surface area contributed by atoms with Crippen LogP contribution in [0.5, 0.6) is 11.5 Å². The van der Waals surface area contributed by atoms with Crippen LogP contribution in [0.1, 0.15) is 29.1 Å². The molecule has 7 nitrogen and oxygen atoms in total. The first kappa shape index (κ1) is 26.1. The van der Waals surface area contributed by atoms with Gasteiger partial charge in [-0.3, -0.25) is 14.5 Å². The van der Waals surface area contributed by atoms with Gasteiger partial charge in [-0.1, -0.05) is 24.3 Å². The molecule has 0 saturated heterocycles. The highest BCUT2D eigenvalue weighted by molar-refractivity contribution is 7.17. The summed E-state index contributed by atoms with van der Waals surface area (Å²) in [5, 5.41) is 7.91. The fraction of sp³-hybridized carbons (Fsp3) is 0.281. The molecule has 204 valence electrons. The maximum Gasteiger partial charge on any atom is 0.224 e. The van der Waals surface area contributed by atoms with Crippen LogP contribution in [0.25, 0.3) is 21.2 Å². The third kappa shape index (κ3) is 5.58. The van der Waals surface area contributed by atoms with Gasteiger partial charge in [0.1, 0.15) is 6.61 Å². The Kier molecular flexibility index (Phi) is 7.51. The molecule has 2 aromatic carbocycles. The van der Waals surface area contributed by atoms with Crippen LogP contribution in [0.2, 0.25) is 0 Å². The Bertz CT molecular complexity index is 1640. The number of rotatable bonds is 8. The third-order valence-corrected chi connectivity index (χ3v) is 8.19. The average molecular weight is 553 g/mol.